The Hall–Kier alpha value is -2.61. The fraction of sp³-hybridized carbons (Fsp3) is 0.565. The summed E-state index contributed by atoms with van der Waals surface area (Å²) in [6.45, 7) is 4.24. The number of carboxylic acid groups (broad SMARTS) is 1. The van der Waals surface area contributed by atoms with Gasteiger partial charge in [-0.3, -0.25) is 4.79 Å². The zero-order valence-corrected chi connectivity index (χ0v) is 17.9. The largest absolute Gasteiger partial charge is 0.492 e. The number of carboxylic acids is 1. The highest BCUT2D eigenvalue weighted by Gasteiger charge is 2.39. The number of methoxy groups -OCH3 is 1. The molecule has 2 atom stereocenters. The standard InChI is InChI=1S/C23H28FN3O4/c1-3-17-18(23(29)30)21(28)14-9-15(24)20(22(31-2)19(14)27(17)13-6-7-13)26-10-12-5-4-8-25-16(12)11-26/h9,12-13,16,25H,3-8,10-11H2,1-2H3,(H,29,30)/t12-,16+/m0/s1. The van der Waals surface area contributed by atoms with E-state index in [1.54, 1.807) is 0 Å². The molecule has 0 spiro atoms. The van der Waals surface area contributed by atoms with Crippen LogP contribution in [0.4, 0.5) is 10.1 Å². The van der Waals surface area contributed by atoms with Gasteiger partial charge in [-0.15, -0.1) is 0 Å². The minimum Gasteiger partial charge on any atom is -0.492 e. The van der Waals surface area contributed by atoms with Crippen LogP contribution in [0.25, 0.3) is 10.9 Å². The highest BCUT2D eigenvalue weighted by molar-refractivity contribution is 5.98. The molecule has 2 aromatic rings. The van der Waals surface area contributed by atoms with Gasteiger partial charge in [0.2, 0.25) is 5.43 Å². The fourth-order valence-electron chi connectivity index (χ4n) is 5.56. The average molecular weight is 429 g/mol. The summed E-state index contributed by atoms with van der Waals surface area (Å²) in [6, 6.07) is 1.64. The van der Waals surface area contributed by atoms with Crippen molar-refractivity contribution in [2.75, 3.05) is 31.6 Å². The summed E-state index contributed by atoms with van der Waals surface area (Å²) in [5, 5.41) is 13.4. The van der Waals surface area contributed by atoms with Crippen molar-refractivity contribution in [3.05, 3.63) is 33.4 Å². The SMILES string of the molecule is CCc1c(C(=O)O)c(=O)c2cc(F)c(N3C[C@@H]4CCCN[C@@H]4C3)c(OC)c2n1C1CC1. The quantitative estimate of drug-likeness (QED) is 0.761. The molecule has 0 amide bonds. The van der Waals surface area contributed by atoms with E-state index in [0.29, 0.717) is 47.6 Å². The van der Waals surface area contributed by atoms with E-state index in [1.165, 1.54) is 13.2 Å². The van der Waals surface area contributed by atoms with E-state index in [4.69, 9.17) is 4.74 Å². The Bertz CT molecular complexity index is 1110. The second-order valence-corrected chi connectivity index (χ2v) is 8.92. The van der Waals surface area contributed by atoms with Crippen LogP contribution in [-0.2, 0) is 6.42 Å². The normalized spacial score (nSPS) is 23.3. The van der Waals surface area contributed by atoms with Crippen LogP contribution >= 0.6 is 0 Å². The number of hydrogen-bond donors (Lipinski definition) is 2. The summed E-state index contributed by atoms with van der Waals surface area (Å²) < 4.78 is 23.2. The van der Waals surface area contributed by atoms with Gasteiger partial charge < -0.3 is 24.6 Å². The van der Waals surface area contributed by atoms with E-state index in [1.807, 2.05) is 16.4 Å². The summed E-state index contributed by atoms with van der Waals surface area (Å²) >= 11 is 0. The number of pyridine rings is 1. The van der Waals surface area contributed by atoms with Crippen molar-refractivity contribution >= 4 is 22.6 Å². The van der Waals surface area contributed by atoms with Gasteiger partial charge in [-0.25, -0.2) is 9.18 Å². The molecule has 31 heavy (non-hydrogen) atoms. The third kappa shape index (κ3) is 3.11. The van der Waals surface area contributed by atoms with Gasteiger partial charge in [0.1, 0.15) is 11.3 Å². The summed E-state index contributed by atoms with van der Waals surface area (Å²) in [4.78, 5) is 27.1. The molecule has 166 valence electrons. The summed E-state index contributed by atoms with van der Waals surface area (Å²) in [5.74, 6) is -1.01. The van der Waals surface area contributed by atoms with E-state index >= 15 is 4.39 Å². The molecule has 3 fully saturated rings. The fourth-order valence-corrected chi connectivity index (χ4v) is 5.56. The highest BCUT2D eigenvalue weighted by Crippen LogP contribution is 2.46. The maximum Gasteiger partial charge on any atom is 0.341 e. The van der Waals surface area contributed by atoms with Crippen LogP contribution in [0, 0.1) is 11.7 Å². The summed E-state index contributed by atoms with van der Waals surface area (Å²) in [5.41, 5.74) is 0.491. The van der Waals surface area contributed by atoms with Gasteiger partial charge >= 0.3 is 5.97 Å². The van der Waals surface area contributed by atoms with Crippen LogP contribution in [0.5, 0.6) is 5.75 Å². The third-order valence-corrected chi connectivity index (χ3v) is 7.05. The number of anilines is 1. The maximum atomic E-state index is 15.5. The number of nitrogens with zero attached hydrogens (tertiary/aromatic N) is 2. The lowest BCUT2D eigenvalue weighted by Gasteiger charge is -2.26. The molecule has 3 heterocycles. The van der Waals surface area contributed by atoms with E-state index < -0.39 is 17.2 Å². The lowest BCUT2D eigenvalue weighted by Crippen LogP contribution is -2.40. The molecule has 1 aromatic carbocycles. The van der Waals surface area contributed by atoms with Crippen molar-refractivity contribution in [1.82, 2.24) is 9.88 Å². The maximum absolute atomic E-state index is 15.5. The number of rotatable bonds is 5. The van der Waals surface area contributed by atoms with Crippen LogP contribution in [0.3, 0.4) is 0 Å². The molecule has 1 aromatic heterocycles. The number of aromatic carboxylic acids is 1. The van der Waals surface area contributed by atoms with E-state index in [9.17, 15) is 14.7 Å². The third-order valence-electron chi connectivity index (χ3n) is 7.05. The zero-order chi connectivity index (χ0) is 21.9. The second-order valence-electron chi connectivity index (χ2n) is 8.92. The average Bonchev–Trinajstić information content (AvgIpc) is 3.50. The molecule has 5 rings (SSSR count). The van der Waals surface area contributed by atoms with Gasteiger partial charge in [-0.1, -0.05) is 6.92 Å². The Balaban J connectivity index is 1.79. The molecular formula is C23H28FN3O4. The predicted molar refractivity (Wildman–Crippen MR) is 116 cm³/mol. The predicted octanol–water partition coefficient (Wildman–Crippen LogP) is 2.93. The van der Waals surface area contributed by atoms with Crippen molar-refractivity contribution in [3.8, 4) is 5.75 Å². The molecule has 1 saturated carbocycles. The van der Waals surface area contributed by atoms with Crippen LogP contribution in [0.2, 0.25) is 0 Å². The minimum absolute atomic E-state index is 0.0781. The van der Waals surface area contributed by atoms with E-state index in [-0.39, 0.29) is 17.0 Å². The van der Waals surface area contributed by atoms with Crippen LogP contribution in [0.15, 0.2) is 10.9 Å². The molecule has 2 aliphatic heterocycles. The van der Waals surface area contributed by atoms with E-state index in [0.717, 1.165) is 38.8 Å². The first-order valence-electron chi connectivity index (χ1n) is 11.1. The Labute approximate surface area is 179 Å². The molecular weight excluding hydrogens is 401 g/mol. The number of aromatic nitrogens is 1. The molecule has 0 unspecified atom stereocenters. The molecule has 7 nitrogen and oxygen atoms in total. The number of halogens is 1. The Morgan fingerprint density at radius 2 is 2.10 bits per heavy atom. The molecule has 1 aliphatic carbocycles. The first-order valence-corrected chi connectivity index (χ1v) is 11.1. The second kappa shape index (κ2) is 7.51. The topological polar surface area (TPSA) is 83.8 Å². The van der Waals surface area contributed by atoms with Crippen molar-refractivity contribution in [1.29, 1.82) is 0 Å². The number of benzene rings is 1. The van der Waals surface area contributed by atoms with Crippen molar-refractivity contribution < 1.29 is 19.0 Å². The molecule has 0 radical (unpaired) electrons. The van der Waals surface area contributed by atoms with Crippen molar-refractivity contribution in [2.24, 2.45) is 5.92 Å². The van der Waals surface area contributed by atoms with Crippen molar-refractivity contribution in [2.45, 2.75) is 51.1 Å². The number of ether oxygens (including phenoxy) is 1. The molecule has 0 bridgehead atoms. The van der Waals surface area contributed by atoms with Gasteiger partial charge in [-0.05, 0) is 50.6 Å². The molecule has 3 aliphatic rings. The zero-order valence-electron chi connectivity index (χ0n) is 17.9. The van der Waals surface area contributed by atoms with Crippen molar-refractivity contribution in [3.63, 3.8) is 0 Å². The lowest BCUT2D eigenvalue weighted by molar-refractivity contribution is 0.0693. The van der Waals surface area contributed by atoms with Crippen LogP contribution in [-0.4, -0.2) is 48.4 Å². The number of nitrogens with one attached hydrogen (secondary N) is 1. The first-order chi connectivity index (χ1) is 15.0. The highest BCUT2D eigenvalue weighted by atomic mass is 19.1. The Morgan fingerprint density at radius 1 is 1.32 bits per heavy atom. The summed E-state index contributed by atoms with van der Waals surface area (Å²) in [6.07, 6.45) is 4.43. The van der Waals surface area contributed by atoms with Gasteiger partial charge in [0.15, 0.2) is 11.6 Å². The Kier molecular flexibility index (Phi) is 4.92. The number of hydrogen-bond acceptors (Lipinski definition) is 5. The summed E-state index contributed by atoms with van der Waals surface area (Å²) in [7, 11) is 1.50. The van der Waals surface area contributed by atoms with Gasteiger partial charge in [-0.2, -0.15) is 0 Å². The Morgan fingerprint density at radius 3 is 2.71 bits per heavy atom. The minimum atomic E-state index is -1.27. The number of fused-ring (bicyclic) bond motifs is 2. The van der Waals surface area contributed by atoms with Crippen LogP contribution in [0.1, 0.15) is 54.7 Å². The lowest BCUT2D eigenvalue weighted by atomic mass is 9.94. The first kappa shape index (κ1) is 20.3. The smallest absolute Gasteiger partial charge is 0.341 e. The number of piperidine rings is 1. The van der Waals surface area contributed by atoms with Gasteiger partial charge in [0.05, 0.1) is 18.0 Å². The number of carbonyl (C=O) groups is 1. The van der Waals surface area contributed by atoms with Gasteiger partial charge in [0.25, 0.3) is 0 Å². The molecule has 8 heteroatoms. The monoisotopic (exact) mass is 429 g/mol. The van der Waals surface area contributed by atoms with Crippen LogP contribution < -0.4 is 20.4 Å². The molecule has 2 N–H and O–H groups in total. The molecule has 2 saturated heterocycles. The van der Waals surface area contributed by atoms with E-state index in [2.05, 4.69) is 5.32 Å². The van der Waals surface area contributed by atoms with Gasteiger partial charge in [0, 0.05) is 30.9 Å².